The number of carboxylic acids is 1. The van der Waals surface area contributed by atoms with E-state index >= 15 is 0 Å². The molecule has 1 fully saturated rings. The van der Waals surface area contributed by atoms with Crippen molar-refractivity contribution in [1.82, 2.24) is 15.5 Å². The average Bonchev–Trinajstić information content (AvgIpc) is 2.44. The second kappa shape index (κ2) is 7.28. The highest BCUT2D eigenvalue weighted by atomic mass is 16.4. The van der Waals surface area contributed by atoms with Crippen LogP contribution in [0.1, 0.15) is 46.5 Å². The molecule has 0 radical (unpaired) electrons. The number of hydrogen-bond acceptors (Lipinski definition) is 3. The van der Waals surface area contributed by atoms with Gasteiger partial charge in [0, 0.05) is 26.1 Å². The third-order valence-electron chi connectivity index (χ3n) is 4.15. The van der Waals surface area contributed by atoms with E-state index in [0.717, 1.165) is 0 Å². The van der Waals surface area contributed by atoms with Crippen LogP contribution in [0, 0.1) is 0 Å². The number of carbonyl (C=O) groups excluding carboxylic acids is 2. The number of urea groups is 1. The molecular weight excluding hydrogens is 274 g/mol. The van der Waals surface area contributed by atoms with E-state index in [-0.39, 0.29) is 18.0 Å². The van der Waals surface area contributed by atoms with Gasteiger partial charge in [-0.3, -0.25) is 4.79 Å². The number of carbonyl (C=O) groups is 3. The Labute approximate surface area is 125 Å². The molecule has 1 rings (SSSR count). The lowest BCUT2D eigenvalue weighted by Crippen LogP contribution is -2.59. The summed E-state index contributed by atoms with van der Waals surface area (Å²) in [6, 6.07) is -0.254. The summed E-state index contributed by atoms with van der Waals surface area (Å²) in [5.41, 5.74) is -1.20. The van der Waals surface area contributed by atoms with Gasteiger partial charge >= 0.3 is 12.0 Å². The summed E-state index contributed by atoms with van der Waals surface area (Å²) in [7, 11) is 0. The van der Waals surface area contributed by atoms with Gasteiger partial charge in [-0.2, -0.15) is 0 Å². The topological polar surface area (TPSA) is 98.7 Å². The monoisotopic (exact) mass is 299 g/mol. The Morgan fingerprint density at radius 2 is 1.71 bits per heavy atom. The normalized spacial score (nSPS) is 16.4. The summed E-state index contributed by atoms with van der Waals surface area (Å²) in [6.45, 7) is 6.00. The number of nitrogens with zero attached hydrogens (tertiary/aromatic N) is 1. The fraction of sp³-hybridized carbons (Fsp3) is 0.786. The first-order chi connectivity index (χ1) is 9.84. The van der Waals surface area contributed by atoms with E-state index in [4.69, 9.17) is 0 Å². The lowest BCUT2D eigenvalue weighted by atomic mass is 9.93. The summed E-state index contributed by atoms with van der Waals surface area (Å²) in [4.78, 5) is 36.2. The zero-order valence-electron chi connectivity index (χ0n) is 12.9. The third-order valence-corrected chi connectivity index (χ3v) is 4.15. The Bertz CT molecular complexity index is 399. The number of hydrogen-bond donors (Lipinski definition) is 3. The van der Waals surface area contributed by atoms with Crippen molar-refractivity contribution in [2.75, 3.05) is 13.1 Å². The highest BCUT2D eigenvalue weighted by Gasteiger charge is 2.38. The molecular formula is C14H25N3O4. The molecule has 0 spiro atoms. The van der Waals surface area contributed by atoms with Crippen LogP contribution in [-0.4, -0.2) is 52.6 Å². The molecule has 0 saturated carbocycles. The van der Waals surface area contributed by atoms with Crippen molar-refractivity contribution in [3.8, 4) is 0 Å². The number of amides is 3. The Balaban J connectivity index is 2.57. The van der Waals surface area contributed by atoms with E-state index in [0.29, 0.717) is 38.8 Å². The third kappa shape index (κ3) is 4.34. The molecule has 21 heavy (non-hydrogen) atoms. The van der Waals surface area contributed by atoms with Crippen molar-refractivity contribution in [3.63, 3.8) is 0 Å². The maximum Gasteiger partial charge on any atom is 0.329 e. The second-order valence-electron chi connectivity index (χ2n) is 5.49. The lowest BCUT2D eigenvalue weighted by molar-refractivity contribution is -0.144. The molecule has 0 unspecified atom stereocenters. The molecule has 1 heterocycles. The van der Waals surface area contributed by atoms with E-state index in [1.165, 1.54) is 6.92 Å². The first kappa shape index (κ1) is 17.3. The number of aliphatic carboxylic acids is 1. The Hall–Kier alpha value is -1.79. The number of rotatable bonds is 5. The van der Waals surface area contributed by atoms with E-state index < -0.39 is 11.5 Å². The standard InChI is InChI=1S/C14H25N3O4/c1-4-14(5-2,12(19)20)16-13(21)17-8-6-11(7-9-17)15-10(3)18/h11H,4-9H2,1-3H3,(H,15,18)(H,16,21)(H,19,20). The zero-order chi connectivity index (χ0) is 16.0. The molecule has 120 valence electrons. The molecule has 1 aliphatic rings. The smallest absolute Gasteiger partial charge is 0.329 e. The number of piperidine rings is 1. The second-order valence-corrected chi connectivity index (χ2v) is 5.49. The largest absolute Gasteiger partial charge is 0.480 e. The predicted molar refractivity (Wildman–Crippen MR) is 77.9 cm³/mol. The minimum atomic E-state index is -1.20. The summed E-state index contributed by atoms with van der Waals surface area (Å²) >= 11 is 0. The molecule has 0 aliphatic carbocycles. The fourth-order valence-electron chi connectivity index (χ4n) is 2.58. The van der Waals surface area contributed by atoms with Crippen molar-refractivity contribution in [2.24, 2.45) is 0 Å². The maximum absolute atomic E-state index is 12.2. The summed E-state index contributed by atoms with van der Waals surface area (Å²) in [5.74, 6) is -1.08. The van der Waals surface area contributed by atoms with Crippen LogP contribution in [0.3, 0.4) is 0 Å². The van der Waals surface area contributed by atoms with Crippen LogP contribution in [-0.2, 0) is 9.59 Å². The van der Waals surface area contributed by atoms with Crippen LogP contribution in [0.5, 0.6) is 0 Å². The van der Waals surface area contributed by atoms with Gasteiger partial charge < -0.3 is 20.6 Å². The molecule has 0 bridgehead atoms. The van der Waals surface area contributed by atoms with E-state index in [9.17, 15) is 19.5 Å². The zero-order valence-corrected chi connectivity index (χ0v) is 12.9. The minimum Gasteiger partial charge on any atom is -0.480 e. The van der Waals surface area contributed by atoms with Crippen LogP contribution in [0.25, 0.3) is 0 Å². The van der Waals surface area contributed by atoms with Gasteiger partial charge in [0.05, 0.1) is 0 Å². The lowest BCUT2D eigenvalue weighted by Gasteiger charge is -2.36. The molecule has 1 saturated heterocycles. The van der Waals surface area contributed by atoms with Crippen molar-refractivity contribution in [2.45, 2.75) is 58.0 Å². The van der Waals surface area contributed by atoms with Crippen LogP contribution in [0.2, 0.25) is 0 Å². The Morgan fingerprint density at radius 3 is 2.10 bits per heavy atom. The molecule has 1 aliphatic heterocycles. The van der Waals surface area contributed by atoms with Gasteiger partial charge in [-0.05, 0) is 25.7 Å². The maximum atomic E-state index is 12.2. The summed E-state index contributed by atoms with van der Waals surface area (Å²) in [5, 5.41) is 14.8. The number of carboxylic acid groups (broad SMARTS) is 1. The predicted octanol–water partition coefficient (Wildman–Crippen LogP) is 0.940. The first-order valence-electron chi connectivity index (χ1n) is 7.42. The van der Waals surface area contributed by atoms with Gasteiger partial charge in [-0.15, -0.1) is 0 Å². The van der Waals surface area contributed by atoms with Crippen molar-refractivity contribution >= 4 is 17.9 Å². The molecule has 0 atom stereocenters. The first-order valence-corrected chi connectivity index (χ1v) is 7.42. The SMILES string of the molecule is CCC(CC)(NC(=O)N1CCC(NC(C)=O)CC1)C(=O)O. The van der Waals surface area contributed by atoms with E-state index in [1.54, 1.807) is 18.7 Å². The Kier molecular flexibility index (Phi) is 5.99. The van der Waals surface area contributed by atoms with Crippen LogP contribution in [0.15, 0.2) is 0 Å². The summed E-state index contributed by atoms with van der Waals surface area (Å²) < 4.78 is 0. The van der Waals surface area contributed by atoms with Gasteiger partial charge in [-0.1, -0.05) is 13.8 Å². The van der Waals surface area contributed by atoms with Gasteiger partial charge in [0.25, 0.3) is 0 Å². The van der Waals surface area contributed by atoms with Crippen molar-refractivity contribution in [3.05, 3.63) is 0 Å². The molecule has 0 aromatic rings. The fourth-order valence-corrected chi connectivity index (χ4v) is 2.58. The molecule has 0 aromatic heterocycles. The van der Waals surface area contributed by atoms with Gasteiger partial charge in [0.1, 0.15) is 5.54 Å². The quantitative estimate of drug-likeness (QED) is 0.703. The molecule has 3 N–H and O–H groups in total. The Morgan fingerprint density at radius 1 is 1.19 bits per heavy atom. The minimum absolute atomic E-state index is 0.0697. The van der Waals surface area contributed by atoms with Gasteiger partial charge in [0.15, 0.2) is 0 Å². The summed E-state index contributed by atoms with van der Waals surface area (Å²) in [6.07, 6.45) is 2.05. The van der Waals surface area contributed by atoms with Crippen LogP contribution >= 0.6 is 0 Å². The van der Waals surface area contributed by atoms with Crippen LogP contribution < -0.4 is 10.6 Å². The number of likely N-dealkylation sites (tertiary alicyclic amines) is 1. The average molecular weight is 299 g/mol. The molecule has 0 aromatic carbocycles. The van der Waals surface area contributed by atoms with Gasteiger partial charge in [-0.25, -0.2) is 9.59 Å². The molecule has 7 nitrogen and oxygen atoms in total. The van der Waals surface area contributed by atoms with E-state index in [2.05, 4.69) is 10.6 Å². The molecule has 3 amide bonds. The molecule has 7 heteroatoms. The van der Waals surface area contributed by atoms with Crippen molar-refractivity contribution < 1.29 is 19.5 Å². The van der Waals surface area contributed by atoms with Crippen LogP contribution in [0.4, 0.5) is 4.79 Å². The number of nitrogens with one attached hydrogen (secondary N) is 2. The highest BCUT2D eigenvalue weighted by Crippen LogP contribution is 2.17. The van der Waals surface area contributed by atoms with Gasteiger partial charge in [0.2, 0.25) is 5.91 Å². The van der Waals surface area contributed by atoms with E-state index in [1.807, 2.05) is 0 Å². The highest BCUT2D eigenvalue weighted by molar-refractivity contribution is 5.86. The van der Waals surface area contributed by atoms with Crippen molar-refractivity contribution in [1.29, 1.82) is 0 Å².